The molecule has 3 rings (SSSR count). The Labute approximate surface area is 158 Å². The fourth-order valence-corrected chi connectivity index (χ4v) is 3.40. The zero-order valence-electron chi connectivity index (χ0n) is 15.3. The van der Waals surface area contributed by atoms with Crippen LogP contribution >= 0.6 is 11.5 Å². The summed E-state index contributed by atoms with van der Waals surface area (Å²) in [5, 5.41) is 4.01. The number of ether oxygens (including phenoxy) is 1. The molecule has 0 atom stereocenters. The number of hydrogen-bond acceptors (Lipinski definition) is 7. The van der Waals surface area contributed by atoms with E-state index in [4.69, 9.17) is 4.74 Å². The average Bonchev–Trinajstić information content (AvgIpc) is 3.09. The smallest absolute Gasteiger partial charge is 0.227 e. The molecule has 2 heterocycles. The topological polar surface area (TPSA) is 70.6 Å². The van der Waals surface area contributed by atoms with Gasteiger partial charge >= 0.3 is 0 Å². The lowest BCUT2D eigenvalue weighted by Crippen LogP contribution is -2.47. The van der Waals surface area contributed by atoms with Gasteiger partial charge in [-0.2, -0.15) is 4.37 Å². The number of nitrogens with zero attached hydrogens (tertiary/aromatic N) is 4. The molecule has 140 valence electrons. The minimum absolute atomic E-state index is 0.200. The van der Waals surface area contributed by atoms with E-state index >= 15 is 0 Å². The summed E-state index contributed by atoms with van der Waals surface area (Å²) in [5.41, 5.74) is 1.97. The minimum Gasteiger partial charge on any atom is -0.384 e. The maximum Gasteiger partial charge on any atom is 0.227 e. The highest BCUT2D eigenvalue weighted by molar-refractivity contribution is 7.09. The van der Waals surface area contributed by atoms with Crippen LogP contribution in [0.15, 0.2) is 24.3 Å². The summed E-state index contributed by atoms with van der Waals surface area (Å²) in [4.78, 5) is 21.0. The summed E-state index contributed by atoms with van der Waals surface area (Å²) in [6.07, 6.45) is 1.16. The van der Waals surface area contributed by atoms with Crippen LogP contribution in [0.5, 0.6) is 0 Å². The van der Waals surface area contributed by atoms with E-state index < -0.39 is 0 Å². The minimum atomic E-state index is 0.200. The molecule has 0 aliphatic carbocycles. The van der Waals surface area contributed by atoms with Gasteiger partial charge in [-0.3, -0.25) is 4.79 Å². The monoisotopic (exact) mass is 375 g/mol. The van der Waals surface area contributed by atoms with Crippen LogP contribution in [0, 0.1) is 0 Å². The van der Waals surface area contributed by atoms with E-state index in [-0.39, 0.29) is 5.91 Å². The van der Waals surface area contributed by atoms with E-state index in [0.29, 0.717) is 19.4 Å². The van der Waals surface area contributed by atoms with Crippen molar-refractivity contribution >= 4 is 28.3 Å². The Morgan fingerprint density at radius 1 is 1.23 bits per heavy atom. The van der Waals surface area contributed by atoms with E-state index in [1.807, 2.05) is 29.2 Å². The molecule has 0 radical (unpaired) electrons. The lowest BCUT2D eigenvalue weighted by Gasteiger charge is -2.32. The van der Waals surface area contributed by atoms with Crippen molar-refractivity contribution < 1.29 is 9.53 Å². The van der Waals surface area contributed by atoms with Gasteiger partial charge in [0.15, 0.2) is 0 Å². The molecule has 0 unspecified atom stereocenters. The standard InChI is InChI=1S/C18H25N5O2S/c1-22-8-10-23(11-9-22)17(24)13-14-3-5-15(6-4-14)19-18-20-16(21-26-18)7-12-25-2/h3-6H,7-13H2,1-2H3,(H,19,20,21). The van der Waals surface area contributed by atoms with Crippen LogP contribution in [0.4, 0.5) is 10.8 Å². The first kappa shape index (κ1) is 18.8. The second-order valence-corrected chi connectivity index (χ2v) is 7.19. The molecule has 1 saturated heterocycles. The summed E-state index contributed by atoms with van der Waals surface area (Å²) in [6.45, 7) is 4.15. The molecule has 2 aromatic rings. The van der Waals surface area contributed by atoms with Gasteiger partial charge in [0.1, 0.15) is 5.82 Å². The zero-order valence-corrected chi connectivity index (χ0v) is 16.1. The van der Waals surface area contributed by atoms with Gasteiger partial charge in [0, 0.05) is 56.9 Å². The van der Waals surface area contributed by atoms with Crippen molar-refractivity contribution in [1.82, 2.24) is 19.2 Å². The molecule has 1 fully saturated rings. The van der Waals surface area contributed by atoms with Gasteiger partial charge in [0.25, 0.3) is 0 Å². The maximum absolute atomic E-state index is 12.4. The third-order valence-corrected chi connectivity index (χ3v) is 5.08. The molecule has 1 amide bonds. The number of methoxy groups -OCH3 is 1. The Morgan fingerprint density at radius 3 is 2.65 bits per heavy atom. The maximum atomic E-state index is 12.4. The first-order valence-electron chi connectivity index (χ1n) is 8.78. The van der Waals surface area contributed by atoms with E-state index in [2.05, 4.69) is 26.6 Å². The SMILES string of the molecule is COCCc1nsc(Nc2ccc(CC(=O)N3CCN(C)CC3)cc2)n1. The predicted octanol–water partition coefficient (Wildman–Crippen LogP) is 1.79. The number of nitrogens with one attached hydrogen (secondary N) is 1. The van der Waals surface area contributed by atoms with Crippen molar-refractivity contribution in [3.8, 4) is 0 Å². The molecule has 1 aliphatic heterocycles. The average molecular weight is 375 g/mol. The molecule has 26 heavy (non-hydrogen) atoms. The van der Waals surface area contributed by atoms with Crippen LogP contribution in [-0.2, 0) is 22.4 Å². The number of benzene rings is 1. The van der Waals surface area contributed by atoms with Gasteiger partial charge in [-0.1, -0.05) is 12.1 Å². The fourth-order valence-electron chi connectivity index (χ4n) is 2.77. The molecule has 8 heteroatoms. The number of piperazine rings is 1. The van der Waals surface area contributed by atoms with Gasteiger partial charge in [0.2, 0.25) is 11.0 Å². The summed E-state index contributed by atoms with van der Waals surface area (Å²) < 4.78 is 9.34. The number of anilines is 2. The van der Waals surface area contributed by atoms with E-state index in [1.54, 1.807) is 7.11 Å². The molecule has 1 aliphatic rings. The second-order valence-electron chi connectivity index (χ2n) is 6.44. The number of carbonyl (C=O) groups excluding carboxylic acids is 1. The number of hydrogen-bond donors (Lipinski definition) is 1. The summed E-state index contributed by atoms with van der Waals surface area (Å²) in [7, 11) is 3.76. The number of amides is 1. The number of aromatic nitrogens is 2. The molecule has 1 aromatic carbocycles. The predicted molar refractivity (Wildman–Crippen MR) is 103 cm³/mol. The van der Waals surface area contributed by atoms with Crippen LogP contribution in [0.1, 0.15) is 11.4 Å². The van der Waals surface area contributed by atoms with Crippen LogP contribution in [-0.4, -0.2) is 72.0 Å². The van der Waals surface area contributed by atoms with Crippen LogP contribution in [0.25, 0.3) is 0 Å². The molecule has 1 aromatic heterocycles. The van der Waals surface area contributed by atoms with E-state index in [9.17, 15) is 4.79 Å². The van der Waals surface area contributed by atoms with Gasteiger partial charge in [0.05, 0.1) is 13.0 Å². The van der Waals surface area contributed by atoms with Gasteiger partial charge < -0.3 is 19.9 Å². The summed E-state index contributed by atoms with van der Waals surface area (Å²) in [6, 6.07) is 7.93. The number of rotatable bonds is 7. The van der Waals surface area contributed by atoms with Crippen molar-refractivity contribution in [2.45, 2.75) is 12.8 Å². The summed E-state index contributed by atoms with van der Waals surface area (Å²) in [5.74, 6) is 0.986. The van der Waals surface area contributed by atoms with Crippen molar-refractivity contribution in [3.63, 3.8) is 0 Å². The summed E-state index contributed by atoms with van der Waals surface area (Å²) >= 11 is 1.34. The first-order valence-corrected chi connectivity index (χ1v) is 9.55. The van der Waals surface area contributed by atoms with Crippen LogP contribution in [0.2, 0.25) is 0 Å². The highest BCUT2D eigenvalue weighted by atomic mass is 32.1. The van der Waals surface area contributed by atoms with Crippen LogP contribution < -0.4 is 5.32 Å². The van der Waals surface area contributed by atoms with Crippen molar-refractivity contribution in [2.75, 3.05) is 52.3 Å². The Kier molecular flexibility index (Phi) is 6.54. The van der Waals surface area contributed by atoms with Gasteiger partial charge in [-0.15, -0.1) is 0 Å². The molecule has 0 spiro atoms. The third-order valence-electron chi connectivity index (χ3n) is 4.41. The normalized spacial score (nSPS) is 15.2. The first-order chi connectivity index (χ1) is 12.6. The van der Waals surface area contributed by atoms with Crippen molar-refractivity contribution in [2.24, 2.45) is 0 Å². The van der Waals surface area contributed by atoms with Crippen molar-refractivity contribution in [1.29, 1.82) is 0 Å². The lowest BCUT2D eigenvalue weighted by molar-refractivity contribution is -0.132. The highest BCUT2D eigenvalue weighted by Gasteiger charge is 2.18. The Morgan fingerprint density at radius 2 is 1.96 bits per heavy atom. The highest BCUT2D eigenvalue weighted by Crippen LogP contribution is 2.19. The zero-order chi connectivity index (χ0) is 18.4. The molecular weight excluding hydrogens is 350 g/mol. The number of carbonyl (C=O) groups is 1. The van der Waals surface area contributed by atoms with E-state index in [1.165, 1.54) is 11.5 Å². The molecular formula is C18H25N5O2S. The fraction of sp³-hybridized carbons (Fsp3) is 0.500. The third kappa shape index (κ3) is 5.23. The molecule has 0 bridgehead atoms. The second kappa shape index (κ2) is 9.07. The van der Waals surface area contributed by atoms with Gasteiger partial charge in [-0.25, -0.2) is 4.98 Å². The number of likely N-dealkylation sites (N-methyl/N-ethyl adjacent to an activating group) is 1. The Hall–Kier alpha value is -2.03. The lowest BCUT2D eigenvalue weighted by atomic mass is 10.1. The quantitative estimate of drug-likeness (QED) is 0.796. The van der Waals surface area contributed by atoms with Crippen molar-refractivity contribution in [3.05, 3.63) is 35.7 Å². The largest absolute Gasteiger partial charge is 0.384 e. The Balaban J connectivity index is 1.51. The molecule has 0 saturated carbocycles. The Bertz CT molecular complexity index is 711. The van der Waals surface area contributed by atoms with Crippen LogP contribution in [0.3, 0.4) is 0 Å². The van der Waals surface area contributed by atoms with Gasteiger partial charge in [-0.05, 0) is 24.7 Å². The molecule has 1 N–H and O–H groups in total. The molecule has 7 nitrogen and oxygen atoms in total. The van der Waals surface area contributed by atoms with E-state index in [0.717, 1.165) is 48.4 Å².